The maximum atomic E-state index is 9.33. The van der Waals surface area contributed by atoms with Gasteiger partial charge in [0.05, 0.1) is 6.10 Å². The summed E-state index contributed by atoms with van der Waals surface area (Å²) in [6, 6.07) is 7.03. The van der Waals surface area contributed by atoms with Gasteiger partial charge in [0.1, 0.15) is 5.75 Å². The number of benzene rings is 1. The van der Waals surface area contributed by atoms with Gasteiger partial charge in [0.2, 0.25) is 0 Å². The number of rotatable bonds is 3. The molecule has 0 aliphatic carbocycles. The second kappa shape index (κ2) is 4.48. The molecule has 0 saturated heterocycles. The number of phenolic OH excluding ortho intramolecular Hbond substituents is 1. The SMILES string of the molecule is Oc1ccccc1CC(O)CBr. The summed E-state index contributed by atoms with van der Waals surface area (Å²) in [7, 11) is 0. The fraction of sp³-hybridized carbons (Fsp3) is 0.333. The van der Waals surface area contributed by atoms with E-state index in [4.69, 9.17) is 0 Å². The zero-order valence-corrected chi connectivity index (χ0v) is 8.16. The minimum absolute atomic E-state index is 0.248. The lowest BCUT2D eigenvalue weighted by Gasteiger charge is -2.07. The molecule has 2 N–H and O–H groups in total. The molecule has 3 heteroatoms. The van der Waals surface area contributed by atoms with Gasteiger partial charge in [-0.25, -0.2) is 0 Å². The molecule has 2 nitrogen and oxygen atoms in total. The Bertz CT molecular complexity index is 250. The van der Waals surface area contributed by atoms with Crippen LogP contribution in [0.5, 0.6) is 5.75 Å². The van der Waals surface area contributed by atoms with Crippen LogP contribution < -0.4 is 0 Å². The fourth-order valence-corrected chi connectivity index (χ4v) is 1.22. The monoisotopic (exact) mass is 230 g/mol. The number of hydrogen-bond acceptors (Lipinski definition) is 2. The predicted octanol–water partition coefficient (Wildman–Crippen LogP) is 1.69. The topological polar surface area (TPSA) is 40.5 Å². The van der Waals surface area contributed by atoms with Crippen molar-refractivity contribution >= 4 is 15.9 Å². The van der Waals surface area contributed by atoms with Gasteiger partial charge >= 0.3 is 0 Å². The zero-order valence-electron chi connectivity index (χ0n) is 6.57. The number of aliphatic hydroxyl groups excluding tert-OH is 1. The van der Waals surface area contributed by atoms with Crippen molar-refractivity contribution in [3.63, 3.8) is 0 Å². The average molecular weight is 231 g/mol. The maximum Gasteiger partial charge on any atom is 0.118 e. The molecule has 0 radical (unpaired) electrons. The van der Waals surface area contributed by atoms with Gasteiger partial charge in [0.15, 0.2) is 0 Å². The standard InChI is InChI=1S/C9H11BrO2/c10-6-8(11)5-7-3-1-2-4-9(7)12/h1-4,8,11-12H,5-6H2. The van der Waals surface area contributed by atoms with Crippen LogP contribution in [0, 0.1) is 0 Å². The van der Waals surface area contributed by atoms with Crippen molar-refractivity contribution in [1.29, 1.82) is 0 Å². The first-order valence-electron chi connectivity index (χ1n) is 3.75. The molecule has 0 bridgehead atoms. The van der Waals surface area contributed by atoms with Crippen LogP contribution in [0.15, 0.2) is 24.3 Å². The number of hydrogen-bond donors (Lipinski definition) is 2. The third-order valence-electron chi connectivity index (χ3n) is 1.63. The molecule has 1 rings (SSSR count). The molecular formula is C9H11BrO2. The summed E-state index contributed by atoms with van der Waals surface area (Å²) in [6.07, 6.45) is 0.0519. The minimum Gasteiger partial charge on any atom is -0.508 e. The van der Waals surface area contributed by atoms with Gasteiger partial charge in [-0.3, -0.25) is 0 Å². The van der Waals surface area contributed by atoms with Crippen molar-refractivity contribution < 1.29 is 10.2 Å². The van der Waals surface area contributed by atoms with E-state index in [0.29, 0.717) is 11.8 Å². The lowest BCUT2D eigenvalue weighted by molar-refractivity contribution is 0.200. The number of phenols is 1. The molecule has 1 aromatic rings. The Hall–Kier alpha value is -0.540. The van der Waals surface area contributed by atoms with Crippen molar-refractivity contribution in [3.8, 4) is 5.75 Å². The molecule has 0 aliphatic heterocycles. The van der Waals surface area contributed by atoms with Crippen molar-refractivity contribution in [1.82, 2.24) is 0 Å². The van der Waals surface area contributed by atoms with Gasteiger partial charge in [-0.2, -0.15) is 0 Å². The summed E-state index contributed by atoms with van der Waals surface area (Å²) < 4.78 is 0. The highest BCUT2D eigenvalue weighted by Gasteiger charge is 2.06. The molecule has 0 aliphatic rings. The summed E-state index contributed by atoms with van der Waals surface area (Å²) in [6.45, 7) is 0. The normalized spacial score (nSPS) is 12.8. The van der Waals surface area contributed by atoms with E-state index in [1.54, 1.807) is 18.2 Å². The lowest BCUT2D eigenvalue weighted by Crippen LogP contribution is -2.11. The van der Waals surface area contributed by atoms with Crippen LogP contribution in [0.2, 0.25) is 0 Å². The number of para-hydroxylation sites is 1. The second-order valence-electron chi connectivity index (χ2n) is 2.64. The third kappa shape index (κ3) is 2.50. The highest BCUT2D eigenvalue weighted by atomic mass is 79.9. The van der Waals surface area contributed by atoms with E-state index >= 15 is 0 Å². The van der Waals surface area contributed by atoms with E-state index in [2.05, 4.69) is 15.9 Å². The molecule has 0 heterocycles. The Balaban J connectivity index is 2.69. The fourth-order valence-electron chi connectivity index (χ4n) is 0.992. The van der Waals surface area contributed by atoms with Gasteiger partial charge in [0.25, 0.3) is 0 Å². The summed E-state index contributed by atoms with van der Waals surface area (Å²) in [4.78, 5) is 0. The van der Waals surface area contributed by atoms with Gasteiger partial charge < -0.3 is 10.2 Å². The highest BCUT2D eigenvalue weighted by molar-refractivity contribution is 9.09. The molecule has 0 fully saturated rings. The first kappa shape index (κ1) is 9.55. The summed E-state index contributed by atoms with van der Waals surface area (Å²) in [5.74, 6) is 0.248. The molecular weight excluding hydrogens is 220 g/mol. The van der Waals surface area contributed by atoms with Crippen molar-refractivity contribution in [2.75, 3.05) is 5.33 Å². The number of aromatic hydroxyl groups is 1. The molecule has 0 spiro atoms. The average Bonchev–Trinajstić information content (AvgIpc) is 2.09. The first-order valence-corrected chi connectivity index (χ1v) is 4.87. The Morgan fingerprint density at radius 2 is 2.00 bits per heavy atom. The quantitative estimate of drug-likeness (QED) is 0.777. The summed E-state index contributed by atoms with van der Waals surface area (Å²) in [5, 5.41) is 19.1. The van der Waals surface area contributed by atoms with Gasteiger partial charge in [-0.15, -0.1) is 0 Å². The molecule has 1 aromatic carbocycles. The van der Waals surface area contributed by atoms with Crippen LogP contribution in [0.4, 0.5) is 0 Å². The van der Waals surface area contributed by atoms with Crippen LogP contribution in [-0.4, -0.2) is 21.6 Å². The van der Waals surface area contributed by atoms with E-state index in [1.165, 1.54) is 0 Å². The van der Waals surface area contributed by atoms with Crippen molar-refractivity contribution in [3.05, 3.63) is 29.8 Å². The maximum absolute atomic E-state index is 9.33. The number of aliphatic hydroxyl groups is 1. The molecule has 1 unspecified atom stereocenters. The first-order chi connectivity index (χ1) is 5.74. The molecule has 0 saturated carbocycles. The Morgan fingerprint density at radius 1 is 1.33 bits per heavy atom. The smallest absolute Gasteiger partial charge is 0.118 e. The van der Waals surface area contributed by atoms with E-state index < -0.39 is 6.10 Å². The second-order valence-corrected chi connectivity index (χ2v) is 3.29. The molecule has 12 heavy (non-hydrogen) atoms. The van der Waals surface area contributed by atoms with Crippen LogP contribution in [0.3, 0.4) is 0 Å². The van der Waals surface area contributed by atoms with Crippen LogP contribution in [-0.2, 0) is 6.42 Å². The summed E-state index contributed by atoms with van der Waals surface area (Å²) >= 11 is 3.17. The van der Waals surface area contributed by atoms with E-state index in [9.17, 15) is 10.2 Å². The van der Waals surface area contributed by atoms with E-state index in [1.807, 2.05) is 6.07 Å². The minimum atomic E-state index is -0.432. The molecule has 66 valence electrons. The Labute approximate surface area is 80.0 Å². The Kier molecular flexibility index (Phi) is 3.56. The lowest BCUT2D eigenvalue weighted by atomic mass is 10.1. The number of halogens is 1. The van der Waals surface area contributed by atoms with Gasteiger partial charge in [-0.05, 0) is 11.6 Å². The van der Waals surface area contributed by atoms with Crippen LogP contribution >= 0.6 is 15.9 Å². The van der Waals surface area contributed by atoms with E-state index in [-0.39, 0.29) is 5.75 Å². The van der Waals surface area contributed by atoms with Crippen LogP contribution in [0.1, 0.15) is 5.56 Å². The molecule has 0 aromatic heterocycles. The van der Waals surface area contributed by atoms with E-state index in [0.717, 1.165) is 5.56 Å². The van der Waals surface area contributed by atoms with Gasteiger partial charge in [0, 0.05) is 11.8 Å². The van der Waals surface area contributed by atoms with Gasteiger partial charge in [-0.1, -0.05) is 34.1 Å². The molecule has 1 atom stereocenters. The molecule has 0 amide bonds. The van der Waals surface area contributed by atoms with Crippen LogP contribution in [0.25, 0.3) is 0 Å². The predicted molar refractivity (Wildman–Crippen MR) is 51.6 cm³/mol. The largest absolute Gasteiger partial charge is 0.508 e. The third-order valence-corrected chi connectivity index (χ3v) is 2.37. The summed E-state index contributed by atoms with van der Waals surface area (Å²) in [5.41, 5.74) is 0.782. The Morgan fingerprint density at radius 3 is 2.58 bits per heavy atom. The van der Waals surface area contributed by atoms with Crippen molar-refractivity contribution in [2.45, 2.75) is 12.5 Å². The number of alkyl halides is 1. The zero-order chi connectivity index (χ0) is 8.97. The highest BCUT2D eigenvalue weighted by Crippen LogP contribution is 2.17. The van der Waals surface area contributed by atoms with Crippen molar-refractivity contribution in [2.24, 2.45) is 0 Å².